The maximum atomic E-state index is 12.3. The molecule has 2 unspecified atom stereocenters. The first kappa shape index (κ1) is 14.2. The molecule has 0 bridgehead atoms. The first-order valence-electron chi connectivity index (χ1n) is 6.71. The monoisotopic (exact) mass is 276 g/mol. The standard InChI is InChI=1S/C13H20N6O/c1-10(2)12(9-19-15-6-7-16-19)17-13(20)11(3)18-8-4-5-14-18/h4-8,10-12H,9H2,1-3H3,(H,17,20). The van der Waals surface area contributed by atoms with Crippen molar-refractivity contribution >= 4 is 5.91 Å². The zero-order valence-corrected chi connectivity index (χ0v) is 12.0. The predicted molar refractivity (Wildman–Crippen MR) is 73.7 cm³/mol. The van der Waals surface area contributed by atoms with Gasteiger partial charge in [-0.1, -0.05) is 13.8 Å². The van der Waals surface area contributed by atoms with Crippen LogP contribution < -0.4 is 5.32 Å². The number of aromatic nitrogens is 5. The lowest BCUT2D eigenvalue weighted by molar-refractivity contribution is -0.125. The van der Waals surface area contributed by atoms with Crippen molar-refractivity contribution in [3.63, 3.8) is 0 Å². The van der Waals surface area contributed by atoms with Gasteiger partial charge in [-0.15, -0.1) is 0 Å². The predicted octanol–water partition coefficient (Wildman–Crippen LogP) is 0.877. The normalized spacial score (nSPS) is 14.2. The van der Waals surface area contributed by atoms with Gasteiger partial charge in [-0.3, -0.25) is 9.48 Å². The van der Waals surface area contributed by atoms with Crippen LogP contribution in [0.5, 0.6) is 0 Å². The molecule has 0 radical (unpaired) electrons. The van der Waals surface area contributed by atoms with Crippen molar-refractivity contribution in [1.82, 2.24) is 30.1 Å². The van der Waals surface area contributed by atoms with E-state index in [1.54, 1.807) is 40.3 Å². The van der Waals surface area contributed by atoms with Gasteiger partial charge in [0.05, 0.1) is 25.0 Å². The number of carbonyl (C=O) groups excluding carboxylic acids is 1. The Morgan fingerprint density at radius 2 is 1.85 bits per heavy atom. The van der Waals surface area contributed by atoms with E-state index in [2.05, 4.69) is 34.5 Å². The quantitative estimate of drug-likeness (QED) is 0.849. The topological polar surface area (TPSA) is 77.6 Å². The molecule has 2 rings (SSSR count). The van der Waals surface area contributed by atoms with E-state index in [9.17, 15) is 4.79 Å². The maximum Gasteiger partial charge on any atom is 0.244 e. The van der Waals surface area contributed by atoms with Crippen LogP contribution in [0.3, 0.4) is 0 Å². The molecule has 1 amide bonds. The molecule has 0 fully saturated rings. The summed E-state index contributed by atoms with van der Waals surface area (Å²) in [4.78, 5) is 13.8. The Morgan fingerprint density at radius 3 is 2.40 bits per heavy atom. The van der Waals surface area contributed by atoms with Gasteiger partial charge in [-0.2, -0.15) is 20.1 Å². The Morgan fingerprint density at radius 1 is 1.15 bits per heavy atom. The van der Waals surface area contributed by atoms with Crippen LogP contribution in [0, 0.1) is 5.92 Å². The van der Waals surface area contributed by atoms with Crippen LogP contribution in [0.4, 0.5) is 0 Å². The molecule has 0 spiro atoms. The second-order valence-electron chi connectivity index (χ2n) is 5.11. The van der Waals surface area contributed by atoms with Crippen molar-refractivity contribution in [3.05, 3.63) is 30.9 Å². The zero-order valence-electron chi connectivity index (χ0n) is 12.0. The van der Waals surface area contributed by atoms with Crippen molar-refractivity contribution in [1.29, 1.82) is 0 Å². The molecule has 0 aliphatic rings. The van der Waals surface area contributed by atoms with Gasteiger partial charge in [0.2, 0.25) is 5.91 Å². The molecule has 1 N–H and O–H groups in total. The smallest absolute Gasteiger partial charge is 0.244 e. The summed E-state index contributed by atoms with van der Waals surface area (Å²) in [5, 5.41) is 15.3. The van der Waals surface area contributed by atoms with Gasteiger partial charge in [0, 0.05) is 12.4 Å². The van der Waals surface area contributed by atoms with Gasteiger partial charge < -0.3 is 5.32 Å². The Bertz CT molecular complexity index is 519. The Balaban J connectivity index is 1.99. The highest BCUT2D eigenvalue weighted by Crippen LogP contribution is 2.08. The van der Waals surface area contributed by atoms with Crippen LogP contribution in [0.15, 0.2) is 30.9 Å². The number of hydrogen-bond acceptors (Lipinski definition) is 4. The minimum atomic E-state index is -0.336. The third-order valence-electron chi connectivity index (χ3n) is 3.26. The molecule has 2 heterocycles. The maximum absolute atomic E-state index is 12.3. The van der Waals surface area contributed by atoms with E-state index in [0.717, 1.165) is 0 Å². The fourth-order valence-electron chi connectivity index (χ4n) is 1.87. The summed E-state index contributed by atoms with van der Waals surface area (Å²) in [6.45, 7) is 6.51. The van der Waals surface area contributed by atoms with E-state index in [0.29, 0.717) is 6.54 Å². The van der Waals surface area contributed by atoms with Gasteiger partial charge in [-0.25, -0.2) is 0 Å². The number of nitrogens with one attached hydrogen (secondary N) is 1. The van der Waals surface area contributed by atoms with Crippen molar-refractivity contribution < 1.29 is 4.79 Å². The minimum Gasteiger partial charge on any atom is -0.349 e. The first-order valence-corrected chi connectivity index (χ1v) is 6.71. The fraction of sp³-hybridized carbons (Fsp3) is 0.538. The van der Waals surface area contributed by atoms with E-state index >= 15 is 0 Å². The molecule has 2 aromatic rings. The molecule has 2 atom stereocenters. The van der Waals surface area contributed by atoms with Crippen molar-refractivity contribution in [3.8, 4) is 0 Å². The fourth-order valence-corrected chi connectivity index (χ4v) is 1.87. The highest BCUT2D eigenvalue weighted by molar-refractivity contribution is 5.80. The van der Waals surface area contributed by atoms with E-state index in [-0.39, 0.29) is 23.9 Å². The molecule has 0 saturated heterocycles. The molecule has 0 aliphatic heterocycles. The summed E-state index contributed by atoms with van der Waals surface area (Å²) in [6, 6.07) is 1.45. The molecule has 0 aromatic carbocycles. The molecule has 7 heteroatoms. The Kier molecular flexibility index (Phi) is 4.49. The van der Waals surface area contributed by atoms with Crippen LogP contribution in [0.1, 0.15) is 26.8 Å². The van der Waals surface area contributed by atoms with E-state index in [1.807, 2.05) is 6.92 Å². The molecule has 108 valence electrons. The largest absolute Gasteiger partial charge is 0.349 e. The third kappa shape index (κ3) is 3.43. The number of amides is 1. The van der Waals surface area contributed by atoms with Crippen molar-refractivity contribution in [2.24, 2.45) is 5.92 Å². The van der Waals surface area contributed by atoms with Crippen LogP contribution >= 0.6 is 0 Å². The highest BCUT2D eigenvalue weighted by atomic mass is 16.2. The number of rotatable bonds is 6. The summed E-state index contributed by atoms with van der Waals surface area (Å²) in [6.07, 6.45) is 6.71. The molecule has 7 nitrogen and oxygen atoms in total. The summed E-state index contributed by atoms with van der Waals surface area (Å²) in [7, 11) is 0. The van der Waals surface area contributed by atoms with E-state index in [1.165, 1.54) is 0 Å². The van der Waals surface area contributed by atoms with Gasteiger partial charge in [0.25, 0.3) is 0 Å². The number of nitrogens with zero attached hydrogens (tertiary/aromatic N) is 5. The highest BCUT2D eigenvalue weighted by Gasteiger charge is 2.22. The lowest BCUT2D eigenvalue weighted by Crippen LogP contribution is -2.44. The van der Waals surface area contributed by atoms with Gasteiger partial charge in [0.1, 0.15) is 6.04 Å². The first-order chi connectivity index (χ1) is 9.58. The van der Waals surface area contributed by atoms with Gasteiger partial charge in [0.15, 0.2) is 0 Å². The summed E-state index contributed by atoms with van der Waals surface area (Å²) in [5.41, 5.74) is 0. The van der Waals surface area contributed by atoms with Crippen LogP contribution in [0.25, 0.3) is 0 Å². The average Bonchev–Trinajstić information content (AvgIpc) is 3.09. The molecular formula is C13H20N6O. The molecule has 2 aromatic heterocycles. The SMILES string of the molecule is CC(C)C(Cn1nccn1)NC(=O)C(C)n1cccn1. The van der Waals surface area contributed by atoms with Crippen LogP contribution in [0.2, 0.25) is 0 Å². The Hall–Kier alpha value is -2.18. The van der Waals surface area contributed by atoms with Crippen molar-refractivity contribution in [2.45, 2.75) is 39.4 Å². The summed E-state index contributed by atoms with van der Waals surface area (Å²) in [5.74, 6) is 0.231. The van der Waals surface area contributed by atoms with Crippen LogP contribution in [-0.2, 0) is 11.3 Å². The summed E-state index contributed by atoms with van der Waals surface area (Å²) < 4.78 is 1.64. The molecule has 20 heavy (non-hydrogen) atoms. The van der Waals surface area contributed by atoms with E-state index < -0.39 is 0 Å². The second kappa shape index (κ2) is 6.31. The Labute approximate surface area is 118 Å². The number of carbonyl (C=O) groups is 1. The van der Waals surface area contributed by atoms with Crippen molar-refractivity contribution in [2.75, 3.05) is 0 Å². The molecule has 0 saturated carbocycles. The summed E-state index contributed by atoms with van der Waals surface area (Å²) >= 11 is 0. The van der Waals surface area contributed by atoms with Gasteiger partial charge in [-0.05, 0) is 18.9 Å². The third-order valence-corrected chi connectivity index (χ3v) is 3.26. The lowest BCUT2D eigenvalue weighted by Gasteiger charge is -2.23. The second-order valence-corrected chi connectivity index (χ2v) is 5.11. The van der Waals surface area contributed by atoms with Crippen LogP contribution in [-0.4, -0.2) is 36.7 Å². The minimum absolute atomic E-state index is 0.0205. The van der Waals surface area contributed by atoms with Gasteiger partial charge >= 0.3 is 0 Å². The lowest BCUT2D eigenvalue weighted by atomic mass is 10.0. The van der Waals surface area contributed by atoms with E-state index in [4.69, 9.17) is 0 Å². The average molecular weight is 276 g/mol. The number of hydrogen-bond donors (Lipinski definition) is 1. The zero-order chi connectivity index (χ0) is 14.5. The molecular weight excluding hydrogens is 256 g/mol. The molecule has 0 aliphatic carbocycles.